The van der Waals surface area contributed by atoms with Gasteiger partial charge in [0.2, 0.25) is 5.91 Å². The number of hydrogen-bond acceptors (Lipinski definition) is 8. The fourth-order valence-corrected chi connectivity index (χ4v) is 2.47. The summed E-state index contributed by atoms with van der Waals surface area (Å²) in [6.07, 6.45) is -6.07. The second-order valence-electron chi connectivity index (χ2n) is 5.46. The zero-order valence-corrected chi connectivity index (χ0v) is 11.9. The molecule has 0 radical (unpaired) electrons. The quantitative estimate of drug-likeness (QED) is 0.331. The van der Waals surface area contributed by atoms with Crippen molar-refractivity contribution in [2.24, 2.45) is 5.92 Å². The molecule has 0 unspecified atom stereocenters. The van der Waals surface area contributed by atoms with Crippen molar-refractivity contribution in [1.29, 1.82) is 0 Å². The Morgan fingerprint density at radius 1 is 1.14 bits per heavy atom. The van der Waals surface area contributed by atoms with Gasteiger partial charge in [-0.2, -0.15) is 0 Å². The summed E-state index contributed by atoms with van der Waals surface area (Å²) in [6, 6.07) is 0. The molecule has 0 aromatic carbocycles. The van der Waals surface area contributed by atoms with Crippen LogP contribution >= 0.6 is 0 Å². The fraction of sp³-hybridized carbons (Fsp3) is 0.750. The molecule has 0 bridgehead atoms. The second kappa shape index (κ2) is 6.67. The largest absolute Gasteiger partial charge is 0.390 e. The van der Waals surface area contributed by atoms with Crippen LogP contribution in [0.2, 0.25) is 0 Å². The van der Waals surface area contributed by atoms with Crippen molar-refractivity contribution in [2.75, 3.05) is 0 Å². The summed E-state index contributed by atoms with van der Waals surface area (Å²) in [5.41, 5.74) is 0.483. The number of aromatic nitrogens is 3. The molecule has 1 fully saturated rings. The van der Waals surface area contributed by atoms with Crippen LogP contribution in [0, 0.1) is 5.92 Å². The lowest BCUT2D eigenvalue weighted by molar-refractivity contribution is -0.206. The minimum atomic E-state index is -1.62. The van der Waals surface area contributed by atoms with Gasteiger partial charge in [0.15, 0.2) is 0 Å². The molecule has 1 aliphatic rings. The van der Waals surface area contributed by atoms with E-state index >= 15 is 0 Å². The molecule has 0 spiro atoms. The molecular formula is C12H20N4O6. The summed E-state index contributed by atoms with van der Waals surface area (Å²) < 4.78 is 1.32. The highest BCUT2D eigenvalue weighted by Crippen LogP contribution is 2.27. The number of amides is 1. The number of rotatable bonds is 4. The lowest BCUT2D eigenvalue weighted by Gasteiger charge is -2.41. The lowest BCUT2D eigenvalue weighted by Crippen LogP contribution is -2.61. The van der Waals surface area contributed by atoms with Gasteiger partial charge in [-0.1, -0.05) is 5.21 Å². The van der Waals surface area contributed by atoms with Gasteiger partial charge < -0.3 is 30.8 Å². The average Bonchev–Trinajstić information content (AvgIpc) is 2.93. The summed E-state index contributed by atoms with van der Waals surface area (Å²) >= 11 is 0. The Balaban J connectivity index is 2.04. The van der Waals surface area contributed by atoms with E-state index in [2.05, 4.69) is 15.6 Å². The number of aliphatic hydroxyl groups excluding tert-OH is 5. The molecule has 10 heteroatoms. The third-order valence-corrected chi connectivity index (χ3v) is 3.78. The molecule has 1 amide bonds. The van der Waals surface area contributed by atoms with Gasteiger partial charge in [0.05, 0.1) is 31.5 Å². The topological polar surface area (TPSA) is 161 Å². The zero-order valence-electron chi connectivity index (χ0n) is 11.9. The molecule has 1 aliphatic carbocycles. The predicted molar refractivity (Wildman–Crippen MR) is 71.1 cm³/mol. The van der Waals surface area contributed by atoms with Crippen LogP contribution in [0.4, 0.5) is 0 Å². The Morgan fingerprint density at radius 3 is 2.23 bits per heavy atom. The SMILES string of the molecule is CC(=O)NCc1cn(CC2[C@@H](O)[C@H](O)C(O)[C@@H](O)[C@@H]2O)nn1. The van der Waals surface area contributed by atoms with Crippen LogP contribution in [-0.4, -0.2) is 77.0 Å². The van der Waals surface area contributed by atoms with Crippen LogP contribution < -0.4 is 5.32 Å². The highest BCUT2D eigenvalue weighted by molar-refractivity contribution is 5.72. The van der Waals surface area contributed by atoms with E-state index < -0.39 is 36.4 Å². The number of nitrogens with zero attached hydrogens (tertiary/aromatic N) is 3. The van der Waals surface area contributed by atoms with Crippen LogP contribution in [0.25, 0.3) is 0 Å². The highest BCUT2D eigenvalue weighted by Gasteiger charge is 2.48. The Hall–Kier alpha value is -1.59. The van der Waals surface area contributed by atoms with Crippen molar-refractivity contribution in [3.05, 3.63) is 11.9 Å². The first kappa shape index (κ1) is 16.8. The van der Waals surface area contributed by atoms with E-state index in [9.17, 15) is 30.3 Å². The zero-order chi connectivity index (χ0) is 16.4. The smallest absolute Gasteiger partial charge is 0.217 e. The van der Waals surface area contributed by atoms with Gasteiger partial charge in [0, 0.05) is 12.8 Å². The predicted octanol–water partition coefficient (Wildman–Crippen LogP) is -3.65. The monoisotopic (exact) mass is 316 g/mol. The molecule has 124 valence electrons. The summed E-state index contributed by atoms with van der Waals surface area (Å²) in [5.74, 6) is -1.14. The van der Waals surface area contributed by atoms with Gasteiger partial charge >= 0.3 is 0 Å². The van der Waals surface area contributed by atoms with E-state index in [1.807, 2.05) is 0 Å². The Bertz CT molecular complexity index is 507. The molecule has 2 rings (SSSR count). The fourth-order valence-electron chi connectivity index (χ4n) is 2.47. The van der Waals surface area contributed by atoms with Gasteiger partial charge in [-0.25, -0.2) is 0 Å². The van der Waals surface area contributed by atoms with Crippen LogP contribution in [0.1, 0.15) is 12.6 Å². The van der Waals surface area contributed by atoms with Gasteiger partial charge in [-0.15, -0.1) is 5.10 Å². The average molecular weight is 316 g/mol. The summed E-state index contributed by atoms with van der Waals surface area (Å²) in [4.78, 5) is 10.8. The molecule has 4 atom stereocenters. The molecule has 10 nitrogen and oxygen atoms in total. The van der Waals surface area contributed by atoms with Crippen LogP contribution in [0.5, 0.6) is 0 Å². The van der Waals surface area contributed by atoms with Gasteiger partial charge in [0.1, 0.15) is 24.0 Å². The van der Waals surface area contributed by atoms with Gasteiger partial charge in [-0.3, -0.25) is 9.48 Å². The number of carbonyl (C=O) groups is 1. The van der Waals surface area contributed by atoms with E-state index in [1.165, 1.54) is 17.8 Å². The minimum absolute atomic E-state index is 0.0176. The van der Waals surface area contributed by atoms with Crippen molar-refractivity contribution in [3.8, 4) is 0 Å². The van der Waals surface area contributed by atoms with Crippen molar-refractivity contribution < 1.29 is 30.3 Å². The first-order valence-corrected chi connectivity index (χ1v) is 6.85. The van der Waals surface area contributed by atoms with Crippen LogP contribution in [0.15, 0.2) is 6.20 Å². The molecular weight excluding hydrogens is 296 g/mol. The van der Waals surface area contributed by atoms with E-state index in [4.69, 9.17) is 0 Å². The van der Waals surface area contributed by atoms with Crippen molar-refractivity contribution in [2.45, 2.75) is 50.5 Å². The molecule has 6 N–H and O–H groups in total. The van der Waals surface area contributed by atoms with E-state index in [0.29, 0.717) is 5.69 Å². The van der Waals surface area contributed by atoms with Crippen molar-refractivity contribution in [3.63, 3.8) is 0 Å². The maximum atomic E-state index is 10.8. The first-order valence-electron chi connectivity index (χ1n) is 6.85. The standard InChI is InChI=1S/C12H20N4O6/c1-5(17)13-2-6-3-16(15-14-6)4-7-8(18)10(20)12(22)11(21)9(7)19/h3,7-12,18-22H,2,4H2,1H3,(H,13,17)/t7?,8-,9-,10+,11+,12?/m1/s1. The highest BCUT2D eigenvalue weighted by atomic mass is 16.4. The molecule has 1 saturated carbocycles. The third kappa shape index (κ3) is 3.42. The molecule has 0 aliphatic heterocycles. The number of carbonyl (C=O) groups excluding carboxylic acids is 1. The van der Waals surface area contributed by atoms with E-state index in [0.717, 1.165) is 0 Å². The summed E-state index contributed by atoms with van der Waals surface area (Å²) in [6.45, 7) is 1.54. The van der Waals surface area contributed by atoms with E-state index in [-0.39, 0.29) is 19.0 Å². The van der Waals surface area contributed by atoms with Gasteiger partial charge in [0.25, 0.3) is 0 Å². The molecule has 22 heavy (non-hydrogen) atoms. The second-order valence-corrected chi connectivity index (χ2v) is 5.46. The van der Waals surface area contributed by atoms with Crippen LogP contribution in [0.3, 0.4) is 0 Å². The first-order chi connectivity index (χ1) is 10.3. The maximum Gasteiger partial charge on any atom is 0.217 e. The maximum absolute atomic E-state index is 10.8. The lowest BCUT2D eigenvalue weighted by atomic mass is 9.78. The molecule has 1 aromatic rings. The summed E-state index contributed by atoms with van der Waals surface area (Å²) in [5, 5.41) is 58.9. The molecule has 1 heterocycles. The van der Waals surface area contributed by atoms with Gasteiger partial charge in [-0.05, 0) is 0 Å². The van der Waals surface area contributed by atoms with Crippen LogP contribution in [-0.2, 0) is 17.9 Å². The van der Waals surface area contributed by atoms with Crippen molar-refractivity contribution in [1.82, 2.24) is 20.3 Å². The van der Waals surface area contributed by atoms with Crippen molar-refractivity contribution >= 4 is 5.91 Å². The number of aliphatic hydroxyl groups is 5. The Kier molecular flexibility index (Phi) is 5.08. The normalized spacial score (nSPS) is 35.4. The number of hydrogen-bond donors (Lipinski definition) is 6. The minimum Gasteiger partial charge on any atom is -0.390 e. The number of nitrogens with one attached hydrogen (secondary N) is 1. The Labute approximate surface area is 126 Å². The van der Waals surface area contributed by atoms with E-state index in [1.54, 1.807) is 0 Å². The molecule has 0 saturated heterocycles. The third-order valence-electron chi connectivity index (χ3n) is 3.78. The Morgan fingerprint density at radius 2 is 1.68 bits per heavy atom. The molecule has 1 aromatic heterocycles. The summed E-state index contributed by atoms with van der Waals surface area (Å²) in [7, 11) is 0.